The Balaban J connectivity index is 3.19. The highest BCUT2D eigenvalue weighted by atomic mass is 19.1. The van der Waals surface area contributed by atoms with E-state index in [4.69, 9.17) is 0 Å². The molecule has 0 N–H and O–H groups in total. The van der Waals surface area contributed by atoms with E-state index in [0.717, 1.165) is 11.1 Å². The zero-order valence-corrected chi connectivity index (χ0v) is 7.82. The molecule has 0 aromatic heterocycles. The minimum Gasteiger partial charge on any atom is -0.207 e. The lowest BCUT2D eigenvalue weighted by Crippen LogP contribution is -2.12. The fraction of sp³-hybridized carbons (Fsp3) is 0.364. The van der Waals surface area contributed by atoms with Crippen molar-refractivity contribution in [2.75, 3.05) is 0 Å². The highest BCUT2D eigenvalue weighted by molar-refractivity contribution is 5.35. The van der Waals surface area contributed by atoms with Crippen LogP contribution in [0, 0.1) is 12.7 Å². The van der Waals surface area contributed by atoms with Crippen molar-refractivity contribution in [1.29, 1.82) is 0 Å². The molecule has 65 valence electrons. The van der Waals surface area contributed by atoms with Gasteiger partial charge < -0.3 is 0 Å². The minimum atomic E-state index is -0.215. The third kappa shape index (κ3) is 1.84. The van der Waals surface area contributed by atoms with Crippen LogP contribution in [0.1, 0.15) is 31.9 Å². The molecule has 0 spiro atoms. The standard InChI is InChI=1S/C11H14F/c1-8-7-9(12)5-6-10(8)11(2,3)4/h5-7H,1H2,2-4H3. The summed E-state index contributed by atoms with van der Waals surface area (Å²) in [5.41, 5.74) is 1.93. The summed E-state index contributed by atoms with van der Waals surface area (Å²) in [6.07, 6.45) is 0. The smallest absolute Gasteiger partial charge is 0.123 e. The average Bonchev–Trinajstić information content (AvgIpc) is 1.83. The maximum Gasteiger partial charge on any atom is 0.123 e. The Morgan fingerprint density at radius 1 is 1.25 bits per heavy atom. The Labute approximate surface area is 73.4 Å². The Kier molecular flexibility index (Phi) is 2.22. The molecule has 0 atom stereocenters. The summed E-state index contributed by atoms with van der Waals surface area (Å²) in [6.45, 7) is 10.1. The first-order valence-corrected chi connectivity index (χ1v) is 4.03. The van der Waals surface area contributed by atoms with Crippen LogP contribution in [0.3, 0.4) is 0 Å². The van der Waals surface area contributed by atoms with Crippen LogP contribution in [-0.4, -0.2) is 0 Å². The first-order chi connectivity index (χ1) is 5.41. The molecule has 1 rings (SSSR count). The topological polar surface area (TPSA) is 0 Å². The van der Waals surface area contributed by atoms with E-state index in [2.05, 4.69) is 27.7 Å². The normalized spacial score (nSPS) is 11.8. The predicted octanol–water partition coefficient (Wildman–Crippen LogP) is 3.31. The second kappa shape index (κ2) is 2.89. The largest absolute Gasteiger partial charge is 0.207 e. The Morgan fingerprint density at radius 3 is 2.25 bits per heavy atom. The number of hydrogen-bond donors (Lipinski definition) is 0. The zero-order chi connectivity index (χ0) is 9.35. The molecule has 0 bridgehead atoms. The summed E-state index contributed by atoms with van der Waals surface area (Å²) in [5.74, 6) is -0.215. The predicted molar refractivity (Wildman–Crippen MR) is 49.6 cm³/mol. The molecule has 1 radical (unpaired) electrons. The minimum absolute atomic E-state index is 0.0464. The zero-order valence-electron chi connectivity index (χ0n) is 7.82. The van der Waals surface area contributed by atoms with Crippen LogP contribution in [0.4, 0.5) is 4.39 Å². The van der Waals surface area contributed by atoms with Crippen LogP contribution in [-0.2, 0) is 5.41 Å². The van der Waals surface area contributed by atoms with E-state index in [9.17, 15) is 4.39 Å². The van der Waals surface area contributed by atoms with Crippen LogP contribution in [0.25, 0.3) is 0 Å². The molecule has 0 saturated carbocycles. The highest BCUT2D eigenvalue weighted by Gasteiger charge is 2.15. The van der Waals surface area contributed by atoms with Crippen LogP contribution >= 0.6 is 0 Å². The molecule has 0 aliphatic rings. The van der Waals surface area contributed by atoms with Crippen molar-refractivity contribution in [2.45, 2.75) is 26.2 Å². The molecular weight excluding hydrogens is 151 g/mol. The van der Waals surface area contributed by atoms with Crippen molar-refractivity contribution in [3.8, 4) is 0 Å². The van der Waals surface area contributed by atoms with Gasteiger partial charge in [-0.05, 0) is 35.6 Å². The number of benzene rings is 1. The molecule has 0 amide bonds. The lowest BCUT2D eigenvalue weighted by Gasteiger charge is -2.21. The number of halogens is 1. The van der Waals surface area contributed by atoms with E-state index in [1.54, 1.807) is 6.07 Å². The summed E-state index contributed by atoms with van der Waals surface area (Å²) in [6, 6.07) is 4.76. The van der Waals surface area contributed by atoms with Gasteiger partial charge in [0.15, 0.2) is 0 Å². The fourth-order valence-corrected chi connectivity index (χ4v) is 1.29. The molecule has 12 heavy (non-hydrogen) atoms. The fourth-order valence-electron chi connectivity index (χ4n) is 1.29. The number of hydrogen-bond acceptors (Lipinski definition) is 0. The maximum atomic E-state index is 12.7. The van der Waals surface area contributed by atoms with Crippen LogP contribution in [0.2, 0.25) is 0 Å². The molecule has 1 aromatic rings. The van der Waals surface area contributed by atoms with E-state index in [-0.39, 0.29) is 11.2 Å². The van der Waals surface area contributed by atoms with Gasteiger partial charge in [-0.25, -0.2) is 4.39 Å². The van der Waals surface area contributed by atoms with Gasteiger partial charge >= 0.3 is 0 Å². The Morgan fingerprint density at radius 2 is 1.83 bits per heavy atom. The summed E-state index contributed by atoms with van der Waals surface area (Å²) in [5, 5.41) is 0. The van der Waals surface area contributed by atoms with Crippen molar-refractivity contribution < 1.29 is 4.39 Å². The van der Waals surface area contributed by atoms with Crippen molar-refractivity contribution in [1.82, 2.24) is 0 Å². The third-order valence-corrected chi connectivity index (χ3v) is 1.88. The summed E-state index contributed by atoms with van der Waals surface area (Å²) in [4.78, 5) is 0. The van der Waals surface area contributed by atoms with Crippen molar-refractivity contribution in [3.63, 3.8) is 0 Å². The molecule has 0 unspecified atom stereocenters. The van der Waals surface area contributed by atoms with Crippen molar-refractivity contribution in [3.05, 3.63) is 42.1 Å². The molecule has 1 aromatic carbocycles. The van der Waals surface area contributed by atoms with E-state index in [1.807, 2.05) is 0 Å². The van der Waals surface area contributed by atoms with E-state index < -0.39 is 0 Å². The lowest BCUT2D eigenvalue weighted by atomic mass is 9.84. The van der Waals surface area contributed by atoms with Gasteiger partial charge in [0.25, 0.3) is 0 Å². The molecule has 0 fully saturated rings. The quantitative estimate of drug-likeness (QED) is 0.553. The molecule has 0 heterocycles. The van der Waals surface area contributed by atoms with Crippen LogP contribution in [0.5, 0.6) is 0 Å². The first kappa shape index (κ1) is 9.24. The average molecular weight is 165 g/mol. The van der Waals surface area contributed by atoms with E-state index in [1.165, 1.54) is 12.1 Å². The van der Waals surface area contributed by atoms with Gasteiger partial charge in [-0.1, -0.05) is 26.8 Å². The van der Waals surface area contributed by atoms with Gasteiger partial charge in [0.1, 0.15) is 5.82 Å². The van der Waals surface area contributed by atoms with Crippen molar-refractivity contribution in [2.24, 2.45) is 0 Å². The SMILES string of the molecule is [CH2]c1cc(F)ccc1C(C)(C)C. The molecular formula is C11H14F. The van der Waals surface area contributed by atoms with Gasteiger partial charge in [-0.3, -0.25) is 0 Å². The second-order valence-electron chi connectivity index (χ2n) is 4.05. The second-order valence-corrected chi connectivity index (χ2v) is 4.05. The molecule has 0 nitrogen and oxygen atoms in total. The van der Waals surface area contributed by atoms with Crippen LogP contribution < -0.4 is 0 Å². The molecule has 0 aliphatic carbocycles. The van der Waals surface area contributed by atoms with E-state index in [0.29, 0.717) is 0 Å². The summed E-state index contributed by atoms with van der Waals surface area (Å²) >= 11 is 0. The Hall–Kier alpha value is -0.850. The molecule has 0 saturated heterocycles. The van der Waals surface area contributed by atoms with Gasteiger partial charge in [-0.2, -0.15) is 0 Å². The van der Waals surface area contributed by atoms with Gasteiger partial charge in [0.05, 0.1) is 0 Å². The highest BCUT2D eigenvalue weighted by Crippen LogP contribution is 2.25. The lowest BCUT2D eigenvalue weighted by molar-refractivity contribution is 0.580. The molecule has 0 aliphatic heterocycles. The van der Waals surface area contributed by atoms with E-state index >= 15 is 0 Å². The maximum absolute atomic E-state index is 12.7. The third-order valence-electron chi connectivity index (χ3n) is 1.88. The number of rotatable bonds is 0. The van der Waals surface area contributed by atoms with Crippen LogP contribution in [0.15, 0.2) is 18.2 Å². The van der Waals surface area contributed by atoms with Gasteiger partial charge in [0.2, 0.25) is 0 Å². The van der Waals surface area contributed by atoms with Gasteiger partial charge in [-0.15, -0.1) is 0 Å². The monoisotopic (exact) mass is 165 g/mol. The summed E-state index contributed by atoms with van der Waals surface area (Å²) in [7, 11) is 0. The Bertz CT molecular complexity index is 282. The summed E-state index contributed by atoms with van der Waals surface area (Å²) < 4.78 is 12.7. The van der Waals surface area contributed by atoms with Gasteiger partial charge in [0, 0.05) is 0 Å². The first-order valence-electron chi connectivity index (χ1n) is 4.03. The van der Waals surface area contributed by atoms with Crippen molar-refractivity contribution >= 4 is 0 Å². The molecule has 1 heteroatoms.